The van der Waals surface area contributed by atoms with Crippen LogP contribution in [0.1, 0.15) is 0 Å². The largest absolute Gasteiger partial charge is 0.488 e. The summed E-state index contributed by atoms with van der Waals surface area (Å²) in [6, 6.07) is 43.2. The predicted octanol–water partition coefficient (Wildman–Crippen LogP) is 8.56. The molecular weight excluding hydrogens is 638 g/mol. The monoisotopic (exact) mass is 660 g/mol. The van der Waals surface area contributed by atoms with Crippen molar-refractivity contribution < 1.29 is 10.0 Å². The topological polar surface area (TPSA) is 92.0 Å². The van der Waals surface area contributed by atoms with Gasteiger partial charge in [0.05, 0.1) is 16.7 Å². The first-order valence-electron chi connectivity index (χ1n) is 14.2. The second-order valence-electron chi connectivity index (χ2n) is 10.2. The second-order valence-corrected chi connectivity index (χ2v) is 11.2. The summed E-state index contributed by atoms with van der Waals surface area (Å²) in [4.78, 5) is 16.5. The first-order chi connectivity index (χ1) is 22.4. The van der Waals surface area contributed by atoms with Crippen LogP contribution in [0.15, 0.2) is 133 Å². The highest BCUT2D eigenvalue weighted by Gasteiger charge is 2.11. The number of hydrogen-bond acceptors (Lipinski definition) is 6. The highest BCUT2D eigenvalue weighted by Crippen LogP contribution is 2.29. The van der Waals surface area contributed by atoms with E-state index < -0.39 is 7.12 Å². The number of halogens is 3. The molecule has 8 aromatic rings. The second kappa shape index (κ2) is 14.2. The molecule has 224 valence electrons. The van der Waals surface area contributed by atoms with Crippen molar-refractivity contribution in [1.82, 2.24) is 19.9 Å². The van der Waals surface area contributed by atoms with Crippen molar-refractivity contribution in [2.45, 2.75) is 0 Å². The van der Waals surface area contributed by atoms with Gasteiger partial charge in [0.15, 0.2) is 0 Å². The van der Waals surface area contributed by atoms with Crippen LogP contribution in [-0.2, 0) is 0 Å². The molecule has 0 saturated heterocycles. The van der Waals surface area contributed by atoms with E-state index in [4.69, 9.17) is 44.9 Å². The molecule has 6 nitrogen and oxygen atoms in total. The summed E-state index contributed by atoms with van der Waals surface area (Å²) in [6.45, 7) is 0. The minimum atomic E-state index is -1.38. The van der Waals surface area contributed by atoms with Gasteiger partial charge in [0.25, 0.3) is 0 Å². The Balaban J connectivity index is 0.000000129. The fourth-order valence-corrected chi connectivity index (χ4v) is 5.62. The van der Waals surface area contributed by atoms with Gasteiger partial charge in [-0.3, -0.25) is 0 Å². The summed E-state index contributed by atoms with van der Waals surface area (Å²) in [7, 11) is -1.38. The zero-order chi connectivity index (χ0) is 32.0. The molecule has 46 heavy (non-hydrogen) atoms. The number of fused-ring (bicyclic) bond motifs is 4. The standard InChI is InChI=1S/C18H11ClN2.C10H9BO2.C8H4Cl2N2/c19-18-20-16-8-4-3-7-15(16)17(21-18)14-10-9-12-5-1-2-6-13(12)11-14;12-11(13)10-6-5-8-3-1-2-4-9(8)7-10;9-7-5-3-1-2-4-6(5)11-8(10)12-7/h1-11H;1-7,12-13H;1-4H. The van der Waals surface area contributed by atoms with Crippen LogP contribution in [-0.4, -0.2) is 37.1 Å². The summed E-state index contributed by atoms with van der Waals surface area (Å²) in [6.07, 6.45) is 0. The van der Waals surface area contributed by atoms with Crippen LogP contribution >= 0.6 is 34.8 Å². The molecule has 8 rings (SSSR count). The first-order valence-corrected chi connectivity index (χ1v) is 15.3. The van der Waals surface area contributed by atoms with E-state index in [1.807, 2.05) is 91.0 Å². The van der Waals surface area contributed by atoms with Crippen LogP contribution in [0.4, 0.5) is 0 Å². The Morgan fingerprint density at radius 2 is 0.957 bits per heavy atom. The summed E-state index contributed by atoms with van der Waals surface area (Å²) < 4.78 is 0. The smallest absolute Gasteiger partial charge is 0.423 e. The maximum Gasteiger partial charge on any atom is 0.488 e. The van der Waals surface area contributed by atoms with Gasteiger partial charge >= 0.3 is 7.12 Å². The number of aromatic nitrogens is 4. The third-order valence-corrected chi connectivity index (χ3v) is 7.83. The average molecular weight is 662 g/mol. The van der Waals surface area contributed by atoms with Crippen molar-refractivity contribution in [2.75, 3.05) is 0 Å². The molecule has 0 radical (unpaired) electrons. The summed E-state index contributed by atoms with van der Waals surface area (Å²) in [5, 5.41) is 25.1. The molecule has 6 aromatic carbocycles. The van der Waals surface area contributed by atoms with Crippen LogP contribution < -0.4 is 5.46 Å². The van der Waals surface area contributed by atoms with Crippen LogP contribution in [0.3, 0.4) is 0 Å². The lowest BCUT2D eigenvalue weighted by Gasteiger charge is -2.07. The van der Waals surface area contributed by atoms with E-state index in [0.29, 0.717) is 10.6 Å². The van der Waals surface area contributed by atoms with Gasteiger partial charge in [-0.15, -0.1) is 0 Å². The van der Waals surface area contributed by atoms with E-state index >= 15 is 0 Å². The first kappa shape index (κ1) is 31.4. The lowest BCUT2D eigenvalue weighted by molar-refractivity contribution is 0.426. The molecule has 2 N–H and O–H groups in total. The Labute approximate surface area is 280 Å². The van der Waals surface area contributed by atoms with Crippen molar-refractivity contribution in [2.24, 2.45) is 0 Å². The molecule has 2 heterocycles. The maximum absolute atomic E-state index is 8.94. The quantitative estimate of drug-likeness (QED) is 0.110. The number of nitrogens with zero attached hydrogens (tertiary/aromatic N) is 4. The Morgan fingerprint density at radius 1 is 0.457 bits per heavy atom. The lowest BCUT2D eigenvalue weighted by Crippen LogP contribution is -2.29. The fourth-order valence-electron chi connectivity index (χ4n) is 4.98. The van der Waals surface area contributed by atoms with Gasteiger partial charge in [0, 0.05) is 16.3 Å². The minimum absolute atomic E-state index is 0.179. The summed E-state index contributed by atoms with van der Waals surface area (Å²) >= 11 is 17.5. The van der Waals surface area contributed by atoms with Crippen molar-refractivity contribution in [3.8, 4) is 11.3 Å². The van der Waals surface area contributed by atoms with Gasteiger partial charge in [-0.25, -0.2) is 19.9 Å². The van der Waals surface area contributed by atoms with Gasteiger partial charge in [-0.1, -0.05) is 121 Å². The minimum Gasteiger partial charge on any atom is -0.423 e. The Morgan fingerprint density at radius 3 is 1.61 bits per heavy atom. The van der Waals surface area contributed by atoms with Crippen molar-refractivity contribution in [3.63, 3.8) is 0 Å². The van der Waals surface area contributed by atoms with Crippen LogP contribution in [0.5, 0.6) is 0 Å². The Hall–Kier alpha value is -4.63. The van der Waals surface area contributed by atoms with Crippen molar-refractivity contribution >= 4 is 90.7 Å². The number of benzene rings is 6. The summed E-state index contributed by atoms with van der Waals surface area (Å²) in [5.41, 5.74) is 4.08. The van der Waals surface area contributed by atoms with Crippen molar-refractivity contribution in [3.05, 3.63) is 149 Å². The molecular formula is C36H24BCl3N4O2. The van der Waals surface area contributed by atoms with E-state index in [1.54, 1.807) is 12.1 Å². The van der Waals surface area contributed by atoms with Gasteiger partial charge in [-0.2, -0.15) is 0 Å². The van der Waals surface area contributed by atoms with Gasteiger partial charge in [0.1, 0.15) is 5.15 Å². The van der Waals surface area contributed by atoms with Crippen LogP contribution in [0, 0.1) is 0 Å². The van der Waals surface area contributed by atoms with E-state index in [2.05, 4.69) is 50.3 Å². The fraction of sp³-hybridized carbons (Fsp3) is 0. The molecule has 0 aliphatic heterocycles. The van der Waals surface area contributed by atoms with Gasteiger partial charge in [-0.05, 0) is 74.5 Å². The molecule has 0 unspecified atom stereocenters. The summed E-state index contributed by atoms with van der Waals surface area (Å²) in [5.74, 6) is 0. The SMILES string of the molecule is Clc1nc(-c2ccc3ccccc3c2)c2ccccc2n1.Clc1nc(Cl)c2ccccc2n1.OB(O)c1ccc2ccccc2c1. The molecule has 0 aliphatic rings. The highest BCUT2D eigenvalue weighted by molar-refractivity contribution is 6.58. The van der Waals surface area contributed by atoms with Crippen molar-refractivity contribution in [1.29, 1.82) is 0 Å². The zero-order valence-electron chi connectivity index (χ0n) is 24.1. The maximum atomic E-state index is 8.94. The number of hydrogen-bond donors (Lipinski definition) is 2. The molecule has 0 aliphatic carbocycles. The van der Waals surface area contributed by atoms with E-state index in [-0.39, 0.29) is 10.6 Å². The van der Waals surface area contributed by atoms with Crippen LogP contribution in [0.2, 0.25) is 15.7 Å². The van der Waals surface area contributed by atoms with E-state index in [1.165, 1.54) is 10.8 Å². The zero-order valence-corrected chi connectivity index (χ0v) is 26.4. The molecule has 0 spiro atoms. The number of rotatable bonds is 2. The van der Waals surface area contributed by atoms with E-state index in [0.717, 1.165) is 43.8 Å². The molecule has 0 fully saturated rings. The molecule has 0 atom stereocenters. The van der Waals surface area contributed by atoms with E-state index in [9.17, 15) is 0 Å². The predicted molar refractivity (Wildman–Crippen MR) is 191 cm³/mol. The molecule has 10 heteroatoms. The normalized spacial score (nSPS) is 10.7. The average Bonchev–Trinajstić information content (AvgIpc) is 3.08. The Bertz CT molecular complexity index is 2320. The lowest BCUT2D eigenvalue weighted by atomic mass is 9.79. The molecule has 2 aromatic heterocycles. The molecule has 0 bridgehead atoms. The molecule has 0 amide bonds. The van der Waals surface area contributed by atoms with Gasteiger partial charge < -0.3 is 10.0 Å². The van der Waals surface area contributed by atoms with Gasteiger partial charge in [0.2, 0.25) is 10.6 Å². The molecule has 0 saturated carbocycles. The van der Waals surface area contributed by atoms with Crippen LogP contribution in [0.25, 0.3) is 54.6 Å². The number of para-hydroxylation sites is 2. The Kier molecular flexibility index (Phi) is 9.69. The third kappa shape index (κ3) is 7.26. The third-order valence-electron chi connectivity index (χ3n) is 7.20. The highest BCUT2D eigenvalue weighted by atomic mass is 35.5.